The number of nitrogens with zero attached hydrogens (tertiary/aromatic N) is 4. The second kappa shape index (κ2) is 5.81. The zero-order chi connectivity index (χ0) is 19.8. The molecule has 3 aromatic rings. The number of fused-ring (bicyclic) bond motifs is 3. The molecule has 3 atom stereocenters. The van der Waals surface area contributed by atoms with Crippen molar-refractivity contribution in [2.75, 3.05) is 11.4 Å². The number of rotatable bonds is 0. The minimum Gasteiger partial charge on any atom is -0.382 e. The molecular formula is C23H24FN5. The summed E-state index contributed by atoms with van der Waals surface area (Å²) in [5.74, 6) is 1.36. The quantitative estimate of drug-likeness (QED) is 0.634. The summed E-state index contributed by atoms with van der Waals surface area (Å²) in [6.07, 6.45) is 7.86. The van der Waals surface area contributed by atoms with Crippen LogP contribution in [-0.2, 0) is 12.0 Å². The summed E-state index contributed by atoms with van der Waals surface area (Å²) in [6.45, 7) is 7.36. The average Bonchev–Trinajstić information content (AvgIpc) is 3.09. The molecule has 1 aliphatic carbocycles. The minimum atomic E-state index is -0.152. The molecule has 2 aliphatic heterocycles. The van der Waals surface area contributed by atoms with Crippen LogP contribution in [0.4, 0.5) is 10.2 Å². The van der Waals surface area contributed by atoms with Gasteiger partial charge < -0.3 is 10.2 Å². The Hall–Kier alpha value is -2.89. The second-order valence-electron chi connectivity index (χ2n) is 8.74. The maximum Gasteiger partial charge on any atom is 0.166 e. The molecule has 5 nitrogen and oxygen atoms in total. The SMILES string of the molecule is C=C1N[C@@H](C)CCc2ccc(F)cc2[C@@]23C[C@@H]2CCN3c2ccn3ncc1c3n2. The highest BCUT2D eigenvalue weighted by Crippen LogP contribution is 2.64. The van der Waals surface area contributed by atoms with Gasteiger partial charge in [0.15, 0.2) is 5.65 Å². The van der Waals surface area contributed by atoms with Crippen LogP contribution < -0.4 is 10.2 Å². The van der Waals surface area contributed by atoms with Crippen molar-refractivity contribution in [2.45, 2.75) is 44.2 Å². The van der Waals surface area contributed by atoms with Crippen LogP contribution in [0.1, 0.15) is 42.9 Å². The molecule has 1 spiro atoms. The van der Waals surface area contributed by atoms with E-state index in [0.717, 1.165) is 60.5 Å². The van der Waals surface area contributed by atoms with E-state index in [0.29, 0.717) is 5.92 Å². The van der Waals surface area contributed by atoms with Gasteiger partial charge in [-0.1, -0.05) is 12.6 Å². The summed E-state index contributed by atoms with van der Waals surface area (Å²) < 4.78 is 16.1. The van der Waals surface area contributed by atoms with Gasteiger partial charge in [0.05, 0.1) is 17.3 Å². The maximum atomic E-state index is 14.3. The number of nitrogens with one attached hydrogen (secondary N) is 1. The van der Waals surface area contributed by atoms with Crippen LogP contribution in [0.15, 0.2) is 43.2 Å². The van der Waals surface area contributed by atoms with Gasteiger partial charge in [-0.3, -0.25) is 0 Å². The van der Waals surface area contributed by atoms with Crippen molar-refractivity contribution in [3.05, 3.63) is 65.7 Å². The number of benzene rings is 1. The van der Waals surface area contributed by atoms with Crippen LogP contribution in [0.2, 0.25) is 0 Å². The van der Waals surface area contributed by atoms with Crippen LogP contribution in [-0.4, -0.2) is 27.2 Å². The number of anilines is 1. The molecule has 0 amide bonds. The summed E-state index contributed by atoms with van der Waals surface area (Å²) in [5.41, 5.74) is 4.87. The minimum absolute atomic E-state index is 0.120. The molecule has 1 aromatic carbocycles. The largest absolute Gasteiger partial charge is 0.382 e. The number of hydrogen-bond donors (Lipinski definition) is 1. The van der Waals surface area contributed by atoms with Crippen molar-refractivity contribution in [3.63, 3.8) is 0 Å². The van der Waals surface area contributed by atoms with Crippen LogP contribution in [0.3, 0.4) is 0 Å². The molecule has 3 aliphatic rings. The highest BCUT2D eigenvalue weighted by Gasteiger charge is 2.64. The summed E-state index contributed by atoms with van der Waals surface area (Å²) in [4.78, 5) is 7.40. The fourth-order valence-corrected chi connectivity index (χ4v) is 5.48. The molecule has 4 heterocycles. The third-order valence-electron chi connectivity index (χ3n) is 7.02. The predicted molar refractivity (Wildman–Crippen MR) is 111 cm³/mol. The fourth-order valence-electron chi connectivity index (χ4n) is 5.48. The van der Waals surface area contributed by atoms with Gasteiger partial charge in [-0.25, -0.2) is 13.9 Å². The van der Waals surface area contributed by atoms with E-state index in [1.165, 1.54) is 5.56 Å². The molecule has 1 N–H and O–H groups in total. The lowest BCUT2D eigenvalue weighted by Gasteiger charge is -2.31. The molecule has 148 valence electrons. The normalized spacial score (nSPS) is 28.1. The maximum absolute atomic E-state index is 14.3. The third-order valence-corrected chi connectivity index (χ3v) is 7.02. The number of halogens is 1. The van der Waals surface area contributed by atoms with Crippen molar-refractivity contribution in [2.24, 2.45) is 5.92 Å². The van der Waals surface area contributed by atoms with E-state index >= 15 is 0 Å². The topological polar surface area (TPSA) is 45.5 Å². The second-order valence-corrected chi connectivity index (χ2v) is 8.74. The van der Waals surface area contributed by atoms with Gasteiger partial charge in [0.25, 0.3) is 0 Å². The molecular weight excluding hydrogens is 365 g/mol. The molecule has 6 rings (SSSR count). The summed E-state index contributed by atoms with van der Waals surface area (Å²) in [7, 11) is 0. The summed E-state index contributed by atoms with van der Waals surface area (Å²) in [6, 6.07) is 7.63. The Bertz CT molecular complexity index is 1150. The molecule has 0 radical (unpaired) electrons. The zero-order valence-corrected chi connectivity index (χ0v) is 16.5. The first-order valence-corrected chi connectivity index (χ1v) is 10.4. The predicted octanol–water partition coefficient (Wildman–Crippen LogP) is 3.89. The van der Waals surface area contributed by atoms with Crippen molar-refractivity contribution >= 4 is 17.2 Å². The van der Waals surface area contributed by atoms with E-state index in [1.54, 1.807) is 16.6 Å². The van der Waals surface area contributed by atoms with Crippen molar-refractivity contribution in [3.8, 4) is 0 Å². The van der Waals surface area contributed by atoms with Gasteiger partial charge in [-0.2, -0.15) is 5.10 Å². The van der Waals surface area contributed by atoms with Crippen molar-refractivity contribution < 1.29 is 4.39 Å². The third kappa shape index (κ3) is 2.38. The molecule has 0 unspecified atom stereocenters. The van der Waals surface area contributed by atoms with Crippen LogP contribution >= 0.6 is 0 Å². The van der Waals surface area contributed by atoms with E-state index in [9.17, 15) is 4.39 Å². The monoisotopic (exact) mass is 389 g/mol. The van der Waals surface area contributed by atoms with Crippen molar-refractivity contribution in [1.82, 2.24) is 19.9 Å². The highest BCUT2D eigenvalue weighted by molar-refractivity contribution is 5.74. The van der Waals surface area contributed by atoms with E-state index in [2.05, 4.69) is 28.8 Å². The average molecular weight is 389 g/mol. The molecule has 29 heavy (non-hydrogen) atoms. The smallest absolute Gasteiger partial charge is 0.166 e. The van der Waals surface area contributed by atoms with Crippen LogP contribution in [0.25, 0.3) is 11.3 Å². The molecule has 6 heteroatoms. The molecule has 2 fully saturated rings. The number of hydrogen-bond acceptors (Lipinski definition) is 4. The Labute approximate surface area is 169 Å². The van der Waals surface area contributed by atoms with E-state index < -0.39 is 0 Å². The van der Waals surface area contributed by atoms with E-state index in [4.69, 9.17) is 4.98 Å². The molecule has 2 bridgehead atoms. The Balaban J connectivity index is 1.57. The van der Waals surface area contributed by atoms with Crippen LogP contribution in [0.5, 0.6) is 0 Å². The lowest BCUT2D eigenvalue weighted by molar-refractivity contribution is 0.579. The molecule has 2 aromatic heterocycles. The fraction of sp³-hybridized carbons (Fsp3) is 0.391. The Kier molecular flexibility index (Phi) is 3.41. The number of aromatic nitrogens is 3. The lowest BCUT2D eigenvalue weighted by Crippen LogP contribution is -2.34. The highest BCUT2D eigenvalue weighted by atomic mass is 19.1. The Morgan fingerprint density at radius 1 is 1.28 bits per heavy atom. The number of aryl methyl sites for hydroxylation is 1. The van der Waals surface area contributed by atoms with Gasteiger partial charge >= 0.3 is 0 Å². The first kappa shape index (κ1) is 17.0. The zero-order valence-electron chi connectivity index (χ0n) is 16.5. The Morgan fingerprint density at radius 3 is 3.03 bits per heavy atom. The van der Waals surface area contributed by atoms with Gasteiger partial charge in [-0.05, 0) is 67.9 Å². The summed E-state index contributed by atoms with van der Waals surface area (Å²) >= 11 is 0. The van der Waals surface area contributed by atoms with Gasteiger partial charge in [0.1, 0.15) is 11.6 Å². The summed E-state index contributed by atoms with van der Waals surface area (Å²) in [5, 5.41) is 7.96. The van der Waals surface area contributed by atoms with Gasteiger partial charge in [0.2, 0.25) is 0 Å². The van der Waals surface area contributed by atoms with Crippen molar-refractivity contribution in [1.29, 1.82) is 0 Å². The molecule has 1 saturated heterocycles. The first-order chi connectivity index (χ1) is 14.1. The van der Waals surface area contributed by atoms with Gasteiger partial charge in [0, 0.05) is 24.5 Å². The van der Waals surface area contributed by atoms with E-state index in [-0.39, 0.29) is 17.4 Å². The standard InChI is InChI=1S/C23H24FN5/c1-14-3-4-16-5-6-18(24)11-20(16)23-12-17(23)7-9-28(23)21-8-10-29-22(27-21)19(13-25-29)15(2)26-14/h5-6,8,10-11,13-14,17,26H,2-4,7,9,12H2,1H3/t14-,17-,23+/m0/s1. The Morgan fingerprint density at radius 2 is 2.17 bits per heavy atom. The lowest BCUT2D eigenvalue weighted by atomic mass is 9.92. The molecule has 1 saturated carbocycles. The number of piperidine rings is 1. The van der Waals surface area contributed by atoms with E-state index in [1.807, 2.05) is 24.5 Å². The first-order valence-electron chi connectivity index (χ1n) is 10.4. The van der Waals surface area contributed by atoms with Crippen LogP contribution in [0, 0.1) is 11.7 Å². The van der Waals surface area contributed by atoms with Gasteiger partial charge in [-0.15, -0.1) is 0 Å².